The first kappa shape index (κ1) is 22.4. The summed E-state index contributed by atoms with van der Waals surface area (Å²) in [5.41, 5.74) is 3.37. The smallest absolute Gasteiger partial charge is 0.261 e. The number of carbonyl (C=O) groups excluding carboxylic acids is 1. The maximum atomic E-state index is 12.7. The van der Waals surface area contributed by atoms with E-state index in [0.717, 1.165) is 11.1 Å². The van der Waals surface area contributed by atoms with E-state index in [9.17, 15) is 13.2 Å². The fourth-order valence-electron chi connectivity index (χ4n) is 3.22. The third-order valence-electron chi connectivity index (χ3n) is 5.02. The Hall–Kier alpha value is -3.32. The van der Waals surface area contributed by atoms with Crippen molar-refractivity contribution in [1.82, 2.24) is 5.32 Å². The molecule has 0 saturated carbocycles. The van der Waals surface area contributed by atoms with Crippen molar-refractivity contribution in [2.24, 2.45) is 0 Å². The van der Waals surface area contributed by atoms with Crippen LogP contribution in [0.25, 0.3) is 0 Å². The van der Waals surface area contributed by atoms with Gasteiger partial charge in [0.15, 0.2) is 0 Å². The molecule has 0 aliphatic carbocycles. The van der Waals surface area contributed by atoms with Crippen LogP contribution in [-0.2, 0) is 10.0 Å². The zero-order valence-corrected chi connectivity index (χ0v) is 18.8. The van der Waals surface area contributed by atoms with Gasteiger partial charge < -0.3 is 10.1 Å². The fourth-order valence-corrected chi connectivity index (χ4v) is 4.35. The second-order valence-corrected chi connectivity index (χ2v) is 9.07. The number of rotatable bonds is 7. The average molecular weight is 439 g/mol. The van der Waals surface area contributed by atoms with Gasteiger partial charge >= 0.3 is 0 Å². The summed E-state index contributed by atoms with van der Waals surface area (Å²) in [6.07, 6.45) is 0. The largest absolute Gasteiger partial charge is 0.496 e. The minimum absolute atomic E-state index is 0.185. The topological polar surface area (TPSA) is 84.5 Å². The highest BCUT2D eigenvalue weighted by molar-refractivity contribution is 7.92. The van der Waals surface area contributed by atoms with Crippen molar-refractivity contribution in [3.8, 4) is 5.75 Å². The van der Waals surface area contributed by atoms with Gasteiger partial charge in [-0.2, -0.15) is 0 Å². The molecule has 1 atom stereocenters. The van der Waals surface area contributed by atoms with E-state index >= 15 is 0 Å². The molecular weight excluding hydrogens is 412 g/mol. The van der Waals surface area contributed by atoms with Crippen LogP contribution in [0.4, 0.5) is 5.69 Å². The Bertz CT molecular complexity index is 1190. The molecule has 162 valence electrons. The number of benzene rings is 3. The van der Waals surface area contributed by atoms with E-state index in [2.05, 4.69) is 10.0 Å². The number of methoxy groups -OCH3 is 1. The first-order valence-electron chi connectivity index (χ1n) is 9.85. The molecule has 7 heteroatoms. The number of sulfonamides is 1. The summed E-state index contributed by atoms with van der Waals surface area (Å²) in [7, 11) is -2.12. The van der Waals surface area contributed by atoms with Gasteiger partial charge in [0, 0.05) is 11.1 Å². The van der Waals surface area contributed by atoms with Gasteiger partial charge in [0.05, 0.1) is 23.7 Å². The molecule has 2 N–H and O–H groups in total. The molecule has 0 saturated heterocycles. The lowest BCUT2D eigenvalue weighted by Crippen LogP contribution is -2.27. The molecule has 0 unspecified atom stereocenters. The predicted molar refractivity (Wildman–Crippen MR) is 122 cm³/mol. The third kappa shape index (κ3) is 5.24. The molecule has 0 radical (unpaired) electrons. The summed E-state index contributed by atoms with van der Waals surface area (Å²) in [5, 5.41) is 2.96. The first-order valence-corrected chi connectivity index (χ1v) is 11.3. The lowest BCUT2D eigenvalue weighted by atomic mass is 10.1. The Morgan fingerprint density at radius 2 is 1.65 bits per heavy atom. The van der Waals surface area contributed by atoms with Crippen LogP contribution >= 0.6 is 0 Å². The van der Waals surface area contributed by atoms with Gasteiger partial charge in [-0.1, -0.05) is 35.9 Å². The Labute approximate surface area is 183 Å². The minimum Gasteiger partial charge on any atom is -0.496 e. The predicted octanol–water partition coefficient (Wildman–Crippen LogP) is 4.60. The number of ether oxygens (including phenoxy) is 1. The molecule has 0 heterocycles. The van der Waals surface area contributed by atoms with Crippen LogP contribution in [0, 0.1) is 13.8 Å². The molecule has 0 aliphatic rings. The summed E-state index contributed by atoms with van der Waals surface area (Å²) in [6.45, 7) is 5.53. The lowest BCUT2D eigenvalue weighted by molar-refractivity contribution is 0.0939. The highest BCUT2D eigenvalue weighted by atomic mass is 32.2. The summed E-state index contributed by atoms with van der Waals surface area (Å²) >= 11 is 0. The van der Waals surface area contributed by atoms with E-state index in [1.807, 2.05) is 38.1 Å². The monoisotopic (exact) mass is 438 g/mol. The normalized spacial score (nSPS) is 12.1. The van der Waals surface area contributed by atoms with Gasteiger partial charge in [0.1, 0.15) is 5.75 Å². The molecule has 3 aromatic rings. The maximum absolute atomic E-state index is 12.7. The summed E-state index contributed by atoms with van der Waals surface area (Å²) in [6, 6.07) is 18.7. The molecule has 0 fully saturated rings. The number of carbonyl (C=O) groups is 1. The molecule has 1 amide bonds. The Balaban J connectivity index is 1.75. The SMILES string of the molecule is COc1ccccc1[C@H](C)NC(=O)c1ccc(NS(=O)(=O)c2ccc(C)cc2)c(C)c1. The molecule has 6 nitrogen and oxygen atoms in total. The summed E-state index contributed by atoms with van der Waals surface area (Å²) in [5.74, 6) is 0.446. The molecule has 0 aliphatic heterocycles. The number of hydrogen-bond donors (Lipinski definition) is 2. The van der Waals surface area contributed by atoms with Gasteiger partial charge in [-0.15, -0.1) is 0 Å². The van der Waals surface area contributed by atoms with Crippen LogP contribution < -0.4 is 14.8 Å². The van der Waals surface area contributed by atoms with E-state index in [1.54, 1.807) is 56.5 Å². The Morgan fingerprint density at radius 3 is 2.29 bits per heavy atom. The second kappa shape index (κ2) is 9.22. The van der Waals surface area contributed by atoms with E-state index in [4.69, 9.17) is 4.74 Å². The number of aryl methyl sites for hydroxylation is 2. The first-order chi connectivity index (χ1) is 14.7. The van der Waals surface area contributed by atoms with Gasteiger partial charge in [-0.05, 0) is 62.7 Å². The number of para-hydroxylation sites is 1. The van der Waals surface area contributed by atoms with Gasteiger partial charge in [0.25, 0.3) is 15.9 Å². The Kier molecular flexibility index (Phi) is 6.65. The van der Waals surface area contributed by atoms with E-state index < -0.39 is 10.0 Å². The lowest BCUT2D eigenvalue weighted by Gasteiger charge is -2.18. The van der Waals surface area contributed by atoms with Crippen LogP contribution in [0.3, 0.4) is 0 Å². The number of hydrogen-bond acceptors (Lipinski definition) is 4. The van der Waals surface area contributed by atoms with Crippen molar-refractivity contribution in [3.05, 3.63) is 89.0 Å². The molecular formula is C24H26N2O4S. The number of amides is 1. The van der Waals surface area contributed by atoms with Crippen molar-refractivity contribution < 1.29 is 17.9 Å². The molecule has 3 aromatic carbocycles. The van der Waals surface area contributed by atoms with Crippen molar-refractivity contribution in [2.75, 3.05) is 11.8 Å². The van der Waals surface area contributed by atoms with E-state index in [-0.39, 0.29) is 16.8 Å². The van der Waals surface area contributed by atoms with Gasteiger partial charge in [-0.3, -0.25) is 9.52 Å². The molecule has 3 rings (SSSR count). The van der Waals surface area contributed by atoms with Crippen molar-refractivity contribution in [3.63, 3.8) is 0 Å². The quantitative estimate of drug-likeness (QED) is 0.564. The number of nitrogens with one attached hydrogen (secondary N) is 2. The Morgan fingerprint density at radius 1 is 0.968 bits per heavy atom. The molecule has 0 aromatic heterocycles. The van der Waals surface area contributed by atoms with Crippen molar-refractivity contribution in [1.29, 1.82) is 0 Å². The van der Waals surface area contributed by atoms with E-state index in [0.29, 0.717) is 22.6 Å². The van der Waals surface area contributed by atoms with Gasteiger partial charge in [-0.25, -0.2) is 8.42 Å². The minimum atomic E-state index is -3.71. The van der Waals surface area contributed by atoms with E-state index in [1.165, 1.54) is 0 Å². The fraction of sp³-hybridized carbons (Fsp3) is 0.208. The van der Waals surface area contributed by atoms with Gasteiger partial charge in [0.2, 0.25) is 0 Å². The summed E-state index contributed by atoms with van der Waals surface area (Å²) < 4.78 is 33.2. The molecule has 0 spiro atoms. The van der Waals surface area contributed by atoms with Crippen LogP contribution in [0.5, 0.6) is 5.75 Å². The standard InChI is InChI=1S/C24H26N2O4S/c1-16-9-12-20(13-10-16)31(28,29)26-22-14-11-19(15-17(22)2)24(27)25-18(3)21-7-5-6-8-23(21)30-4/h5-15,18,26H,1-4H3,(H,25,27)/t18-/m0/s1. The molecule has 31 heavy (non-hydrogen) atoms. The van der Waals surface area contributed by atoms with Crippen molar-refractivity contribution >= 4 is 21.6 Å². The highest BCUT2D eigenvalue weighted by Gasteiger charge is 2.18. The van der Waals surface area contributed by atoms with Crippen LogP contribution in [0.15, 0.2) is 71.6 Å². The molecule has 0 bridgehead atoms. The second-order valence-electron chi connectivity index (χ2n) is 7.39. The number of anilines is 1. The zero-order valence-electron chi connectivity index (χ0n) is 18.0. The van der Waals surface area contributed by atoms with Crippen LogP contribution in [-0.4, -0.2) is 21.4 Å². The zero-order chi connectivity index (χ0) is 22.6. The summed E-state index contributed by atoms with van der Waals surface area (Å²) in [4.78, 5) is 12.9. The highest BCUT2D eigenvalue weighted by Crippen LogP contribution is 2.25. The van der Waals surface area contributed by atoms with Crippen LogP contribution in [0.2, 0.25) is 0 Å². The third-order valence-corrected chi connectivity index (χ3v) is 6.40. The average Bonchev–Trinajstić information content (AvgIpc) is 2.75. The van der Waals surface area contributed by atoms with Crippen LogP contribution in [0.1, 0.15) is 40.0 Å². The maximum Gasteiger partial charge on any atom is 0.261 e. The van der Waals surface area contributed by atoms with Crippen molar-refractivity contribution in [2.45, 2.75) is 31.7 Å².